The van der Waals surface area contributed by atoms with E-state index in [-0.39, 0.29) is 17.2 Å². The van der Waals surface area contributed by atoms with E-state index in [1.807, 2.05) is 18.2 Å². The number of amides is 1. The molecule has 1 aliphatic rings. The summed E-state index contributed by atoms with van der Waals surface area (Å²) in [5, 5.41) is 4.07. The van der Waals surface area contributed by atoms with Crippen molar-refractivity contribution in [2.45, 2.75) is 12.8 Å². The molecule has 2 aromatic carbocycles. The van der Waals surface area contributed by atoms with Crippen molar-refractivity contribution in [2.24, 2.45) is 0 Å². The topological polar surface area (TPSA) is 50.6 Å². The van der Waals surface area contributed by atoms with Crippen LogP contribution >= 0.6 is 11.3 Å². The average Bonchev–Trinajstić information content (AvgIpc) is 3.16. The summed E-state index contributed by atoms with van der Waals surface area (Å²) in [6.07, 6.45) is 2.29. The molecule has 0 spiro atoms. The van der Waals surface area contributed by atoms with Gasteiger partial charge in [0, 0.05) is 22.9 Å². The molecule has 0 unspecified atom stereocenters. The Balaban J connectivity index is 1.77. The van der Waals surface area contributed by atoms with Crippen molar-refractivity contribution >= 4 is 32.3 Å². The number of nitrogens with one attached hydrogen (secondary N) is 2. The Morgan fingerprint density at radius 2 is 1.78 bits per heavy atom. The maximum atomic E-state index is 13.3. The summed E-state index contributed by atoms with van der Waals surface area (Å²) >= 11 is 1.38. The summed E-state index contributed by atoms with van der Waals surface area (Å²) < 4.78 is 14.2. The van der Waals surface area contributed by atoms with Gasteiger partial charge in [0.1, 0.15) is 10.8 Å². The van der Waals surface area contributed by atoms with Gasteiger partial charge in [0.15, 0.2) is 12.0 Å². The number of carbonyl (C=O) groups excluding carboxylic acids is 1. The molecule has 1 amide bonds. The van der Waals surface area contributed by atoms with Crippen molar-refractivity contribution < 1.29 is 14.1 Å². The van der Waals surface area contributed by atoms with E-state index < -0.39 is 0 Å². The molecule has 4 nitrogen and oxygen atoms in total. The molecule has 0 saturated carbocycles. The Morgan fingerprint density at radius 1 is 1.07 bits per heavy atom. The van der Waals surface area contributed by atoms with Crippen LogP contribution in [0.5, 0.6) is 0 Å². The third-order valence-corrected chi connectivity index (χ3v) is 5.99. The lowest BCUT2D eigenvalue weighted by atomic mass is 10.1. The van der Waals surface area contributed by atoms with Crippen LogP contribution in [-0.2, 0) is 4.79 Å². The quantitative estimate of drug-likeness (QED) is 0.728. The third kappa shape index (κ3) is 3.77. The highest BCUT2D eigenvalue weighted by atomic mass is 32.1. The smallest absolute Gasteiger partial charge is 0.280 e. The lowest BCUT2D eigenvalue weighted by Gasteiger charge is -2.14. The van der Waals surface area contributed by atoms with E-state index in [0.29, 0.717) is 28.1 Å². The first-order valence-corrected chi connectivity index (χ1v) is 9.88. The molecule has 1 fully saturated rings. The van der Waals surface area contributed by atoms with E-state index in [2.05, 4.69) is 5.32 Å². The number of halogens is 1. The van der Waals surface area contributed by atoms with E-state index in [0.717, 1.165) is 30.6 Å². The molecule has 3 aromatic rings. The largest absolute Gasteiger partial charge is 0.327 e. The van der Waals surface area contributed by atoms with Crippen molar-refractivity contribution in [1.29, 1.82) is 0 Å². The fourth-order valence-electron chi connectivity index (χ4n) is 3.56. The minimum Gasteiger partial charge on any atom is -0.327 e. The molecule has 0 radical (unpaired) electrons. The fourth-order valence-corrected chi connectivity index (χ4v) is 4.67. The van der Waals surface area contributed by atoms with Crippen molar-refractivity contribution in [3.8, 4) is 11.1 Å². The van der Waals surface area contributed by atoms with Crippen LogP contribution in [0.1, 0.15) is 12.8 Å². The monoisotopic (exact) mass is 383 g/mol. The van der Waals surface area contributed by atoms with Crippen molar-refractivity contribution in [1.82, 2.24) is 0 Å². The number of quaternary nitrogens is 1. The van der Waals surface area contributed by atoms with Gasteiger partial charge in [-0.1, -0.05) is 24.3 Å². The highest BCUT2D eigenvalue weighted by Gasteiger charge is 2.21. The van der Waals surface area contributed by atoms with E-state index in [1.54, 1.807) is 18.2 Å². The number of rotatable bonds is 4. The van der Waals surface area contributed by atoms with Crippen LogP contribution in [-0.4, -0.2) is 25.5 Å². The standard InChI is InChI=1S/C21H19FN2O2S/c22-15-9-7-14(8-10-15)19-20(26)16-5-1-2-6-17(16)27-21(19)23-18(25)13-24-11-3-4-12-24/h1-2,5-10H,3-4,11-13H2,(H,23,25)/p+1. The van der Waals surface area contributed by atoms with Crippen LogP contribution in [0.3, 0.4) is 0 Å². The van der Waals surface area contributed by atoms with Gasteiger partial charge >= 0.3 is 0 Å². The zero-order chi connectivity index (χ0) is 18.8. The third-order valence-electron chi connectivity index (χ3n) is 4.90. The van der Waals surface area contributed by atoms with Gasteiger partial charge < -0.3 is 10.2 Å². The van der Waals surface area contributed by atoms with Crippen LogP contribution in [0.15, 0.2) is 53.3 Å². The Kier molecular flexibility index (Phi) is 5.01. The number of fused-ring (bicyclic) bond motifs is 1. The second-order valence-electron chi connectivity index (χ2n) is 6.82. The molecule has 0 aliphatic carbocycles. The summed E-state index contributed by atoms with van der Waals surface area (Å²) in [6.45, 7) is 2.41. The minimum atomic E-state index is -0.362. The second-order valence-corrected chi connectivity index (χ2v) is 7.87. The summed E-state index contributed by atoms with van der Waals surface area (Å²) in [6, 6.07) is 13.2. The highest BCUT2D eigenvalue weighted by molar-refractivity contribution is 7.22. The number of benzene rings is 2. The Morgan fingerprint density at radius 3 is 2.52 bits per heavy atom. The first-order valence-electron chi connectivity index (χ1n) is 9.07. The zero-order valence-electron chi connectivity index (χ0n) is 14.8. The van der Waals surface area contributed by atoms with Crippen LogP contribution in [0, 0.1) is 5.82 Å². The van der Waals surface area contributed by atoms with Gasteiger partial charge in [-0.15, -0.1) is 11.3 Å². The molecular formula is C21H20FN2O2S+. The summed E-state index contributed by atoms with van der Waals surface area (Å²) in [5.41, 5.74) is 0.871. The fraction of sp³-hybridized carbons (Fsp3) is 0.238. The molecule has 1 aliphatic heterocycles. The lowest BCUT2D eigenvalue weighted by molar-refractivity contribution is -0.878. The maximum Gasteiger partial charge on any atom is 0.280 e. The minimum absolute atomic E-state index is 0.0961. The molecule has 1 saturated heterocycles. The van der Waals surface area contributed by atoms with E-state index in [9.17, 15) is 14.0 Å². The van der Waals surface area contributed by atoms with Crippen LogP contribution in [0.25, 0.3) is 21.2 Å². The van der Waals surface area contributed by atoms with Gasteiger partial charge in [-0.3, -0.25) is 9.59 Å². The first-order chi connectivity index (χ1) is 13.1. The van der Waals surface area contributed by atoms with Gasteiger partial charge in [-0.25, -0.2) is 4.39 Å². The number of hydrogen-bond donors (Lipinski definition) is 2. The Bertz CT molecular complexity index is 1040. The molecule has 0 atom stereocenters. The predicted molar refractivity (Wildman–Crippen MR) is 107 cm³/mol. The molecule has 6 heteroatoms. The predicted octanol–water partition coefficient (Wildman–Crippen LogP) is 2.68. The van der Waals surface area contributed by atoms with Crippen molar-refractivity contribution in [3.63, 3.8) is 0 Å². The highest BCUT2D eigenvalue weighted by Crippen LogP contribution is 2.33. The SMILES string of the molecule is O=C(C[NH+]1CCCC1)Nc1sc2ccccc2c(=O)c1-c1ccc(F)cc1. The zero-order valence-corrected chi connectivity index (χ0v) is 15.6. The number of anilines is 1. The molecule has 27 heavy (non-hydrogen) atoms. The molecule has 4 rings (SSSR count). The number of carbonyl (C=O) groups is 1. The van der Waals surface area contributed by atoms with Crippen LogP contribution in [0.2, 0.25) is 0 Å². The molecule has 2 N–H and O–H groups in total. The Hall–Kier alpha value is -2.57. The maximum absolute atomic E-state index is 13.3. The van der Waals surface area contributed by atoms with Crippen LogP contribution < -0.4 is 15.6 Å². The van der Waals surface area contributed by atoms with Gasteiger partial charge in [0.2, 0.25) is 0 Å². The Labute approximate surface area is 160 Å². The molecular weight excluding hydrogens is 363 g/mol. The van der Waals surface area contributed by atoms with Crippen molar-refractivity contribution in [2.75, 3.05) is 25.0 Å². The second kappa shape index (κ2) is 7.58. The summed E-state index contributed by atoms with van der Waals surface area (Å²) in [4.78, 5) is 27.0. The first kappa shape index (κ1) is 17.8. The van der Waals surface area contributed by atoms with Gasteiger partial charge in [-0.2, -0.15) is 0 Å². The molecule has 138 valence electrons. The average molecular weight is 383 g/mol. The summed E-state index contributed by atoms with van der Waals surface area (Å²) in [5.74, 6) is -0.458. The molecule has 0 bridgehead atoms. The number of likely N-dealkylation sites (tertiary alicyclic amines) is 1. The lowest BCUT2D eigenvalue weighted by Crippen LogP contribution is -3.11. The van der Waals surface area contributed by atoms with Crippen LogP contribution in [0.4, 0.5) is 9.39 Å². The van der Waals surface area contributed by atoms with E-state index >= 15 is 0 Å². The van der Waals surface area contributed by atoms with Gasteiger partial charge in [0.05, 0.1) is 18.7 Å². The number of hydrogen-bond acceptors (Lipinski definition) is 3. The van der Waals surface area contributed by atoms with E-state index in [1.165, 1.54) is 28.4 Å². The molecule has 1 aromatic heterocycles. The molecule has 2 heterocycles. The normalized spacial score (nSPS) is 14.6. The van der Waals surface area contributed by atoms with Gasteiger partial charge in [-0.05, 0) is 29.8 Å². The van der Waals surface area contributed by atoms with E-state index in [4.69, 9.17) is 0 Å². The summed E-state index contributed by atoms with van der Waals surface area (Å²) in [7, 11) is 0. The van der Waals surface area contributed by atoms with Crippen molar-refractivity contribution in [3.05, 3.63) is 64.6 Å². The van der Waals surface area contributed by atoms with Gasteiger partial charge in [0.25, 0.3) is 5.91 Å².